The summed E-state index contributed by atoms with van der Waals surface area (Å²) in [5.41, 5.74) is 5.32. The van der Waals surface area contributed by atoms with Gasteiger partial charge in [-0.3, -0.25) is 34.8 Å². The van der Waals surface area contributed by atoms with E-state index in [2.05, 4.69) is 10.7 Å². The largest absolute Gasteiger partial charge is 0.345 e. The van der Waals surface area contributed by atoms with E-state index in [-0.39, 0.29) is 30.7 Å². The van der Waals surface area contributed by atoms with Gasteiger partial charge in [0.2, 0.25) is 17.7 Å². The van der Waals surface area contributed by atoms with Crippen LogP contribution in [0.3, 0.4) is 0 Å². The zero-order valence-corrected chi connectivity index (χ0v) is 21.6. The highest BCUT2D eigenvalue weighted by atomic mass is 16.5. The van der Waals surface area contributed by atoms with Gasteiger partial charge in [-0.15, -0.1) is 0 Å². The Morgan fingerprint density at radius 1 is 0.943 bits per heavy atom. The summed E-state index contributed by atoms with van der Waals surface area (Å²) in [6.07, 6.45) is 4.23. The van der Waals surface area contributed by atoms with Gasteiger partial charge in [-0.2, -0.15) is 0 Å². The highest BCUT2D eigenvalue weighted by molar-refractivity contribution is 5.91. The first-order valence-corrected chi connectivity index (χ1v) is 12.0. The molecule has 1 aromatic rings. The minimum atomic E-state index is -0.855. The summed E-state index contributed by atoms with van der Waals surface area (Å²) < 4.78 is 0. The zero-order valence-electron chi connectivity index (χ0n) is 21.6. The third kappa shape index (κ3) is 10.7. The fourth-order valence-corrected chi connectivity index (χ4v) is 3.79. The number of rotatable bonds is 12. The van der Waals surface area contributed by atoms with Crippen molar-refractivity contribution < 1.29 is 24.4 Å². The first kappa shape index (κ1) is 29.8. The molecule has 9 nitrogen and oxygen atoms in total. The van der Waals surface area contributed by atoms with Crippen molar-refractivity contribution in [1.82, 2.24) is 21.2 Å². The number of hydrazine groups is 1. The lowest BCUT2D eigenvalue weighted by atomic mass is 9.82. The van der Waals surface area contributed by atoms with Crippen LogP contribution in [0.15, 0.2) is 36.4 Å². The van der Waals surface area contributed by atoms with Crippen molar-refractivity contribution >= 4 is 29.7 Å². The molecule has 0 aliphatic heterocycles. The molecule has 35 heavy (non-hydrogen) atoms. The number of benzene rings is 1. The lowest BCUT2D eigenvalue weighted by Gasteiger charge is -2.32. The van der Waals surface area contributed by atoms with Gasteiger partial charge in [0.15, 0.2) is 0 Å². The van der Waals surface area contributed by atoms with Crippen LogP contribution in [-0.4, -0.2) is 46.4 Å². The summed E-state index contributed by atoms with van der Waals surface area (Å²) in [4.78, 5) is 50.4. The fourth-order valence-electron chi connectivity index (χ4n) is 3.79. The van der Waals surface area contributed by atoms with Crippen LogP contribution in [0, 0.1) is 23.7 Å². The molecular weight excluding hydrogens is 448 g/mol. The van der Waals surface area contributed by atoms with Crippen molar-refractivity contribution in [2.24, 2.45) is 23.7 Å². The molecule has 0 aromatic heterocycles. The molecule has 9 heteroatoms. The predicted octanol–water partition coefficient (Wildman–Crippen LogP) is 2.91. The van der Waals surface area contributed by atoms with Gasteiger partial charge in [0.05, 0.1) is 11.8 Å². The van der Waals surface area contributed by atoms with Crippen molar-refractivity contribution in [3.63, 3.8) is 0 Å². The third-order valence-electron chi connectivity index (χ3n) is 5.34. The molecule has 194 valence electrons. The molecule has 4 N–H and O–H groups in total. The van der Waals surface area contributed by atoms with Gasteiger partial charge in [-0.05, 0) is 37.2 Å². The van der Waals surface area contributed by atoms with Crippen molar-refractivity contribution in [1.29, 1.82) is 0 Å². The van der Waals surface area contributed by atoms with Crippen molar-refractivity contribution in [2.75, 3.05) is 6.54 Å². The summed E-state index contributed by atoms with van der Waals surface area (Å²) >= 11 is 0. The van der Waals surface area contributed by atoms with Crippen LogP contribution in [0.5, 0.6) is 0 Å². The maximum atomic E-state index is 13.4. The number of hydrogen-bond acceptors (Lipinski definition) is 5. The number of hydroxylamine groups is 1. The zero-order chi connectivity index (χ0) is 26.5. The first-order chi connectivity index (χ1) is 16.5. The Morgan fingerprint density at radius 3 is 2.09 bits per heavy atom. The normalized spacial score (nSPS) is 13.9. The molecule has 0 radical (unpaired) electrons. The molecule has 1 rings (SSSR count). The number of nitrogens with one attached hydrogen (secondary N) is 3. The van der Waals surface area contributed by atoms with Crippen LogP contribution >= 0.6 is 0 Å². The first-order valence-electron chi connectivity index (χ1n) is 12.0. The molecule has 0 saturated carbocycles. The van der Waals surface area contributed by atoms with E-state index in [0.29, 0.717) is 6.42 Å². The van der Waals surface area contributed by atoms with Gasteiger partial charge in [0.25, 0.3) is 5.91 Å². The SMILES string of the molecule is CC(=O)N[C@@H](C)C(=O)N(CC(C)C)NC(=O)[C@H](CC(C)C)[C@H](C/C=C/c1ccccc1)C(=O)NO. The van der Waals surface area contributed by atoms with E-state index < -0.39 is 35.6 Å². The summed E-state index contributed by atoms with van der Waals surface area (Å²) in [6, 6.07) is 8.70. The Morgan fingerprint density at radius 2 is 1.57 bits per heavy atom. The van der Waals surface area contributed by atoms with Crippen LogP contribution in [0.2, 0.25) is 0 Å². The minimum absolute atomic E-state index is 0.0395. The Balaban J connectivity index is 3.18. The average molecular weight is 489 g/mol. The van der Waals surface area contributed by atoms with E-state index in [0.717, 1.165) is 5.56 Å². The molecule has 1 aromatic carbocycles. The smallest absolute Gasteiger partial charge is 0.263 e. The number of hydrogen-bond donors (Lipinski definition) is 4. The standard InChI is InChI=1S/C26H40N4O5/c1-17(2)15-23(22(25(33)29-35)14-10-13-21-11-8-7-9-12-21)24(32)28-30(16-18(3)4)26(34)19(5)27-20(6)31/h7-13,17-19,22-23,35H,14-16H2,1-6H3,(H,27,31)(H,28,32)(H,29,33)/b13-10+/t19-,22-,23+/m0/s1. The van der Waals surface area contributed by atoms with Gasteiger partial charge >= 0.3 is 0 Å². The number of amides is 4. The minimum Gasteiger partial charge on any atom is -0.345 e. The summed E-state index contributed by atoms with van der Waals surface area (Å²) in [5.74, 6) is -3.53. The molecule has 0 unspecified atom stereocenters. The monoisotopic (exact) mass is 488 g/mol. The van der Waals surface area contributed by atoms with Crippen LogP contribution in [-0.2, 0) is 19.2 Å². The predicted molar refractivity (Wildman–Crippen MR) is 134 cm³/mol. The second-order valence-corrected chi connectivity index (χ2v) is 9.61. The van der Waals surface area contributed by atoms with Crippen LogP contribution in [0.25, 0.3) is 6.08 Å². The van der Waals surface area contributed by atoms with E-state index in [1.54, 1.807) is 18.5 Å². The van der Waals surface area contributed by atoms with Gasteiger partial charge < -0.3 is 5.32 Å². The molecule has 0 aliphatic carbocycles. The number of nitrogens with zero attached hydrogens (tertiary/aromatic N) is 1. The Kier molecular flexibility index (Phi) is 12.7. The molecule has 0 spiro atoms. The Bertz CT molecular complexity index is 870. The topological polar surface area (TPSA) is 128 Å². The number of carbonyl (C=O) groups excluding carboxylic acids is 4. The third-order valence-corrected chi connectivity index (χ3v) is 5.34. The quantitative estimate of drug-likeness (QED) is 0.266. The van der Waals surface area contributed by atoms with Crippen LogP contribution in [0.1, 0.15) is 59.9 Å². The van der Waals surface area contributed by atoms with Crippen molar-refractivity contribution in [2.45, 2.75) is 60.4 Å². The van der Waals surface area contributed by atoms with E-state index in [4.69, 9.17) is 0 Å². The van der Waals surface area contributed by atoms with Crippen molar-refractivity contribution in [3.05, 3.63) is 42.0 Å². The maximum absolute atomic E-state index is 13.4. The summed E-state index contributed by atoms with van der Waals surface area (Å²) in [5, 5.41) is 13.1. The lowest BCUT2D eigenvalue weighted by molar-refractivity contribution is -0.149. The fraction of sp³-hybridized carbons (Fsp3) is 0.538. The lowest BCUT2D eigenvalue weighted by Crippen LogP contribution is -2.56. The summed E-state index contributed by atoms with van der Waals surface area (Å²) in [6.45, 7) is 10.8. The number of carbonyl (C=O) groups is 4. The molecule has 0 aliphatic rings. The van der Waals surface area contributed by atoms with Crippen LogP contribution in [0.4, 0.5) is 0 Å². The highest BCUT2D eigenvalue weighted by Gasteiger charge is 2.35. The molecular formula is C26H40N4O5. The van der Waals surface area contributed by atoms with Crippen LogP contribution < -0.4 is 16.2 Å². The second kappa shape index (κ2) is 14.9. The molecule has 4 amide bonds. The van der Waals surface area contributed by atoms with E-state index in [1.165, 1.54) is 11.9 Å². The molecule has 0 heterocycles. The van der Waals surface area contributed by atoms with Gasteiger partial charge in [-0.1, -0.05) is 70.2 Å². The Hall–Kier alpha value is -3.20. The van der Waals surface area contributed by atoms with Gasteiger partial charge in [0.1, 0.15) is 6.04 Å². The van der Waals surface area contributed by atoms with E-state index in [9.17, 15) is 24.4 Å². The molecule has 0 bridgehead atoms. The summed E-state index contributed by atoms with van der Waals surface area (Å²) in [7, 11) is 0. The molecule has 0 saturated heterocycles. The average Bonchev–Trinajstić information content (AvgIpc) is 2.79. The van der Waals surface area contributed by atoms with Gasteiger partial charge in [0, 0.05) is 13.5 Å². The van der Waals surface area contributed by atoms with E-state index in [1.807, 2.05) is 64.1 Å². The highest BCUT2D eigenvalue weighted by Crippen LogP contribution is 2.25. The molecule has 3 atom stereocenters. The Labute approximate surface area is 208 Å². The van der Waals surface area contributed by atoms with E-state index >= 15 is 0 Å². The molecule has 0 fully saturated rings. The maximum Gasteiger partial charge on any atom is 0.263 e. The second-order valence-electron chi connectivity index (χ2n) is 9.61. The number of allylic oxidation sites excluding steroid dienone is 1. The van der Waals surface area contributed by atoms with Crippen molar-refractivity contribution in [3.8, 4) is 0 Å². The van der Waals surface area contributed by atoms with Gasteiger partial charge in [-0.25, -0.2) is 5.48 Å².